The molecule has 1 aromatic rings. The molecule has 0 saturated carbocycles. The van der Waals surface area contributed by atoms with Crippen molar-refractivity contribution in [3.8, 4) is 0 Å². The van der Waals surface area contributed by atoms with E-state index in [1.54, 1.807) is 11.6 Å². The van der Waals surface area contributed by atoms with E-state index >= 15 is 0 Å². The molecule has 2 unspecified atom stereocenters. The molecule has 2 N–H and O–H groups in total. The van der Waals surface area contributed by atoms with Gasteiger partial charge in [-0.05, 0) is 6.92 Å². The number of hydrogen-bond acceptors (Lipinski definition) is 5. The highest BCUT2D eigenvalue weighted by molar-refractivity contribution is 7.89. The highest BCUT2D eigenvalue weighted by atomic mass is 32.2. The first-order valence-electron chi connectivity index (χ1n) is 5.77. The summed E-state index contributed by atoms with van der Waals surface area (Å²) >= 11 is 0. The van der Waals surface area contributed by atoms with Crippen molar-refractivity contribution >= 4 is 10.0 Å². The van der Waals surface area contributed by atoms with Gasteiger partial charge >= 0.3 is 0 Å². The fraction of sp³-hybridized carbons (Fsp3) is 0.700. The fourth-order valence-corrected chi connectivity index (χ4v) is 3.50. The summed E-state index contributed by atoms with van der Waals surface area (Å²) in [5.41, 5.74) is 5.55. The van der Waals surface area contributed by atoms with Crippen molar-refractivity contribution in [1.29, 1.82) is 0 Å². The van der Waals surface area contributed by atoms with E-state index in [9.17, 15) is 8.42 Å². The van der Waals surface area contributed by atoms with Gasteiger partial charge in [-0.2, -0.15) is 4.31 Å². The van der Waals surface area contributed by atoms with Gasteiger partial charge in [0.25, 0.3) is 10.0 Å². The molecule has 1 aliphatic rings. The summed E-state index contributed by atoms with van der Waals surface area (Å²) in [7, 11) is -1.82. The Balaban J connectivity index is 2.24. The zero-order valence-corrected chi connectivity index (χ0v) is 11.3. The normalized spacial score (nSPS) is 26.4. The lowest BCUT2D eigenvalue weighted by atomic mass is 10.2. The molecule has 0 spiro atoms. The lowest BCUT2D eigenvalue weighted by molar-refractivity contribution is -0.0486. The molecule has 1 aromatic heterocycles. The zero-order chi connectivity index (χ0) is 13.3. The standard InChI is InChI=1S/C10H18N4O3S/c1-8-4-14(5-9(3-11)17-8)18(15,16)10-6-13(2)7-12-10/h6-9H,3-5,11H2,1-2H3. The van der Waals surface area contributed by atoms with Gasteiger partial charge in [0.2, 0.25) is 0 Å². The highest BCUT2D eigenvalue weighted by Crippen LogP contribution is 2.19. The lowest BCUT2D eigenvalue weighted by Gasteiger charge is -2.34. The molecule has 1 aliphatic heterocycles. The van der Waals surface area contributed by atoms with Gasteiger partial charge in [-0.3, -0.25) is 0 Å². The van der Waals surface area contributed by atoms with Gasteiger partial charge in [0, 0.05) is 32.9 Å². The number of sulfonamides is 1. The highest BCUT2D eigenvalue weighted by Gasteiger charge is 2.34. The summed E-state index contributed by atoms with van der Waals surface area (Å²) < 4.78 is 33.3. The second kappa shape index (κ2) is 4.96. The van der Waals surface area contributed by atoms with Crippen LogP contribution in [-0.4, -0.2) is 54.1 Å². The first-order chi connectivity index (χ1) is 8.43. The first kappa shape index (κ1) is 13.5. The molecule has 7 nitrogen and oxygen atoms in total. The van der Waals surface area contributed by atoms with Crippen LogP contribution in [0.2, 0.25) is 0 Å². The number of morpholine rings is 1. The van der Waals surface area contributed by atoms with Crippen LogP contribution in [-0.2, 0) is 21.8 Å². The minimum Gasteiger partial charge on any atom is -0.371 e. The van der Waals surface area contributed by atoms with Crippen LogP contribution in [0.4, 0.5) is 0 Å². The van der Waals surface area contributed by atoms with Crippen LogP contribution in [0.15, 0.2) is 17.6 Å². The SMILES string of the molecule is CC1CN(S(=O)(=O)c2cn(C)cn2)CC(CN)O1. The maximum absolute atomic E-state index is 12.4. The number of ether oxygens (including phenoxy) is 1. The predicted molar refractivity (Wildman–Crippen MR) is 65.4 cm³/mol. The van der Waals surface area contributed by atoms with Gasteiger partial charge in [0.1, 0.15) is 0 Å². The third-order valence-electron chi connectivity index (χ3n) is 2.84. The molecular formula is C10H18N4O3S. The van der Waals surface area contributed by atoms with Gasteiger partial charge in [-0.25, -0.2) is 13.4 Å². The summed E-state index contributed by atoms with van der Waals surface area (Å²) in [4.78, 5) is 3.90. The second-order valence-electron chi connectivity index (χ2n) is 4.50. The summed E-state index contributed by atoms with van der Waals surface area (Å²) in [6, 6.07) is 0. The van der Waals surface area contributed by atoms with E-state index in [-0.39, 0.29) is 23.8 Å². The Morgan fingerprint density at radius 3 is 2.83 bits per heavy atom. The topological polar surface area (TPSA) is 90.5 Å². The van der Waals surface area contributed by atoms with Crippen molar-refractivity contribution in [3.63, 3.8) is 0 Å². The smallest absolute Gasteiger partial charge is 0.262 e. The monoisotopic (exact) mass is 274 g/mol. The molecule has 0 aromatic carbocycles. The number of aryl methyl sites for hydroxylation is 1. The molecule has 0 amide bonds. The predicted octanol–water partition coefficient (Wildman–Crippen LogP) is -0.843. The molecule has 2 atom stereocenters. The molecule has 0 radical (unpaired) electrons. The van der Waals surface area contributed by atoms with E-state index in [1.807, 2.05) is 6.92 Å². The Labute approximate surface area is 107 Å². The molecule has 2 rings (SSSR count). The van der Waals surface area contributed by atoms with Crippen molar-refractivity contribution < 1.29 is 13.2 Å². The second-order valence-corrected chi connectivity index (χ2v) is 6.39. The number of rotatable bonds is 3. The minimum atomic E-state index is -3.55. The molecule has 1 fully saturated rings. The van der Waals surface area contributed by atoms with E-state index < -0.39 is 10.0 Å². The largest absolute Gasteiger partial charge is 0.371 e. The molecule has 0 aliphatic carbocycles. The van der Waals surface area contributed by atoms with Gasteiger partial charge in [-0.1, -0.05) is 0 Å². The van der Waals surface area contributed by atoms with Crippen LogP contribution in [0.25, 0.3) is 0 Å². The van der Waals surface area contributed by atoms with Crippen molar-refractivity contribution in [2.45, 2.75) is 24.2 Å². The third kappa shape index (κ3) is 2.56. The molecule has 2 heterocycles. The Morgan fingerprint density at radius 1 is 1.56 bits per heavy atom. The van der Waals surface area contributed by atoms with Gasteiger partial charge in [0.15, 0.2) is 5.03 Å². The number of imidazole rings is 1. The van der Waals surface area contributed by atoms with Gasteiger partial charge in [0.05, 0.1) is 18.5 Å². The quantitative estimate of drug-likeness (QED) is 0.776. The van der Waals surface area contributed by atoms with Crippen LogP contribution < -0.4 is 5.73 Å². The average molecular weight is 274 g/mol. The van der Waals surface area contributed by atoms with Crippen molar-refractivity contribution in [3.05, 3.63) is 12.5 Å². The molecule has 102 valence electrons. The van der Waals surface area contributed by atoms with Crippen molar-refractivity contribution in [1.82, 2.24) is 13.9 Å². The molecular weight excluding hydrogens is 256 g/mol. The Kier molecular flexibility index (Phi) is 3.71. The maximum Gasteiger partial charge on any atom is 0.262 e. The van der Waals surface area contributed by atoms with E-state index in [0.29, 0.717) is 13.1 Å². The first-order valence-corrected chi connectivity index (χ1v) is 7.21. The molecule has 1 saturated heterocycles. The summed E-state index contributed by atoms with van der Waals surface area (Å²) in [6.07, 6.45) is 2.54. The molecule has 8 heteroatoms. The summed E-state index contributed by atoms with van der Waals surface area (Å²) in [5.74, 6) is 0. The van der Waals surface area contributed by atoms with Crippen LogP contribution in [0.1, 0.15) is 6.92 Å². The van der Waals surface area contributed by atoms with Crippen LogP contribution in [0, 0.1) is 0 Å². The van der Waals surface area contributed by atoms with E-state index in [4.69, 9.17) is 10.5 Å². The average Bonchev–Trinajstić information content (AvgIpc) is 2.75. The van der Waals surface area contributed by atoms with Crippen LogP contribution >= 0.6 is 0 Å². The minimum absolute atomic E-state index is 0.0647. The Morgan fingerprint density at radius 2 is 2.28 bits per heavy atom. The Hall–Kier alpha value is -0.960. The van der Waals surface area contributed by atoms with E-state index in [1.165, 1.54) is 16.8 Å². The lowest BCUT2D eigenvalue weighted by Crippen LogP contribution is -2.51. The third-order valence-corrected chi connectivity index (χ3v) is 4.56. The summed E-state index contributed by atoms with van der Waals surface area (Å²) in [6.45, 7) is 2.75. The number of aromatic nitrogens is 2. The number of nitrogens with two attached hydrogens (primary N) is 1. The number of nitrogens with zero attached hydrogens (tertiary/aromatic N) is 3. The van der Waals surface area contributed by atoms with E-state index in [2.05, 4.69) is 4.98 Å². The van der Waals surface area contributed by atoms with Gasteiger partial charge < -0.3 is 15.0 Å². The zero-order valence-electron chi connectivity index (χ0n) is 10.5. The maximum atomic E-state index is 12.4. The molecule has 0 bridgehead atoms. The van der Waals surface area contributed by atoms with E-state index in [0.717, 1.165) is 0 Å². The number of hydrogen-bond donors (Lipinski definition) is 1. The summed E-state index contributed by atoms with van der Waals surface area (Å²) in [5, 5.41) is 0.0647. The van der Waals surface area contributed by atoms with Crippen LogP contribution in [0.3, 0.4) is 0 Å². The van der Waals surface area contributed by atoms with Crippen LogP contribution in [0.5, 0.6) is 0 Å². The molecule has 18 heavy (non-hydrogen) atoms. The Bertz CT molecular complexity index is 513. The van der Waals surface area contributed by atoms with Gasteiger partial charge in [-0.15, -0.1) is 0 Å². The van der Waals surface area contributed by atoms with Crippen molar-refractivity contribution in [2.24, 2.45) is 12.8 Å². The fourth-order valence-electron chi connectivity index (χ4n) is 1.98. The van der Waals surface area contributed by atoms with Crippen molar-refractivity contribution in [2.75, 3.05) is 19.6 Å².